The fraction of sp³-hybridized carbons (Fsp3) is 0.182. The Bertz CT molecular complexity index is 544. The predicted molar refractivity (Wildman–Crippen MR) is 75.8 cm³/mol. The van der Waals surface area contributed by atoms with Gasteiger partial charge in [0, 0.05) is 16.2 Å². The van der Waals surface area contributed by atoms with Crippen LogP contribution in [0.25, 0.3) is 10.4 Å². The molecule has 0 saturated heterocycles. The molecule has 0 aliphatic heterocycles. The zero-order valence-corrected chi connectivity index (χ0v) is 12.2. The van der Waals surface area contributed by atoms with Gasteiger partial charge in [0.15, 0.2) is 5.13 Å². The highest BCUT2D eigenvalue weighted by molar-refractivity contribution is 9.10. The molecule has 3 nitrogen and oxygen atoms in total. The van der Waals surface area contributed by atoms with Gasteiger partial charge in [-0.15, -0.1) is 0 Å². The number of anilines is 1. The van der Waals surface area contributed by atoms with E-state index < -0.39 is 0 Å². The van der Waals surface area contributed by atoms with Crippen LogP contribution in [-0.2, 0) is 0 Å². The van der Waals surface area contributed by atoms with E-state index in [1.807, 2.05) is 19.1 Å². The molecule has 0 spiro atoms. The van der Waals surface area contributed by atoms with Gasteiger partial charge in [-0.2, -0.15) is 0 Å². The number of ether oxygens (including phenoxy) is 1. The third-order valence-corrected chi connectivity index (χ3v) is 4.01. The van der Waals surface area contributed by atoms with Crippen molar-refractivity contribution in [1.82, 2.24) is 4.98 Å². The number of nitrogens with two attached hydrogens (primary N) is 1. The van der Waals surface area contributed by atoms with Gasteiger partial charge in [0.2, 0.25) is 0 Å². The molecular weight excluding hydrogens is 324 g/mol. The van der Waals surface area contributed by atoms with Crippen molar-refractivity contribution in [3.05, 3.63) is 27.8 Å². The van der Waals surface area contributed by atoms with E-state index in [0.29, 0.717) is 22.5 Å². The highest BCUT2D eigenvalue weighted by atomic mass is 79.9. The molecule has 0 aliphatic carbocycles. The molecule has 2 aromatic rings. The summed E-state index contributed by atoms with van der Waals surface area (Å²) >= 11 is 11.2. The Hall–Kier alpha value is -0.780. The first kappa shape index (κ1) is 12.7. The summed E-state index contributed by atoms with van der Waals surface area (Å²) in [5, 5.41) is 1.09. The molecule has 2 rings (SSSR count). The van der Waals surface area contributed by atoms with Gasteiger partial charge >= 0.3 is 0 Å². The van der Waals surface area contributed by atoms with Crippen molar-refractivity contribution in [2.45, 2.75) is 6.92 Å². The SMILES string of the molecule is CCOc1ccc(Br)c(-c2cnc(N)s2)c1Cl. The van der Waals surface area contributed by atoms with E-state index in [-0.39, 0.29) is 0 Å². The third kappa shape index (κ3) is 2.56. The molecule has 1 aromatic carbocycles. The number of hydrogen-bond donors (Lipinski definition) is 1. The maximum atomic E-state index is 6.32. The lowest BCUT2D eigenvalue weighted by Gasteiger charge is -2.10. The highest BCUT2D eigenvalue weighted by Crippen LogP contribution is 2.42. The van der Waals surface area contributed by atoms with Gasteiger partial charge in [0.05, 0.1) is 16.5 Å². The molecule has 6 heteroatoms. The van der Waals surface area contributed by atoms with Crippen LogP contribution in [0.4, 0.5) is 5.13 Å². The Morgan fingerprint density at radius 1 is 1.53 bits per heavy atom. The van der Waals surface area contributed by atoms with Crippen molar-refractivity contribution in [1.29, 1.82) is 0 Å². The lowest BCUT2D eigenvalue weighted by Crippen LogP contribution is -1.93. The van der Waals surface area contributed by atoms with Crippen LogP contribution in [0.2, 0.25) is 5.02 Å². The number of aromatic nitrogens is 1. The second-order valence-electron chi connectivity index (χ2n) is 3.23. The van der Waals surface area contributed by atoms with E-state index in [1.165, 1.54) is 11.3 Å². The van der Waals surface area contributed by atoms with Gasteiger partial charge in [-0.1, -0.05) is 38.9 Å². The van der Waals surface area contributed by atoms with Crippen LogP contribution in [0.15, 0.2) is 22.8 Å². The van der Waals surface area contributed by atoms with E-state index in [2.05, 4.69) is 20.9 Å². The van der Waals surface area contributed by atoms with Gasteiger partial charge in [0.1, 0.15) is 5.75 Å². The van der Waals surface area contributed by atoms with Gasteiger partial charge in [-0.3, -0.25) is 0 Å². The number of halogens is 2. The fourth-order valence-electron chi connectivity index (χ4n) is 1.43. The minimum Gasteiger partial charge on any atom is -0.492 e. The minimum absolute atomic E-state index is 0.518. The lowest BCUT2D eigenvalue weighted by molar-refractivity contribution is 0.340. The number of nitrogen functional groups attached to an aromatic ring is 1. The molecule has 0 unspecified atom stereocenters. The van der Waals surface area contributed by atoms with Gasteiger partial charge < -0.3 is 10.5 Å². The normalized spacial score (nSPS) is 10.5. The van der Waals surface area contributed by atoms with Crippen molar-refractivity contribution in [2.75, 3.05) is 12.3 Å². The maximum absolute atomic E-state index is 6.32. The van der Waals surface area contributed by atoms with Gasteiger partial charge in [0.25, 0.3) is 0 Å². The monoisotopic (exact) mass is 332 g/mol. The molecule has 1 heterocycles. The molecule has 0 aliphatic rings. The first-order valence-corrected chi connectivity index (χ1v) is 6.94. The van der Waals surface area contributed by atoms with Crippen LogP contribution in [0, 0.1) is 0 Å². The quantitative estimate of drug-likeness (QED) is 0.915. The molecule has 0 atom stereocenters. The number of rotatable bonds is 3. The van der Waals surface area contributed by atoms with Crippen LogP contribution in [0.1, 0.15) is 6.92 Å². The topological polar surface area (TPSA) is 48.1 Å². The average Bonchev–Trinajstić information content (AvgIpc) is 2.69. The maximum Gasteiger partial charge on any atom is 0.180 e. The van der Waals surface area contributed by atoms with Crippen molar-refractivity contribution in [3.8, 4) is 16.2 Å². The van der Waals surface area contributed by atoms with Crippen LogP contribution in [-0.4, -0.2) is 11.6 Å². The zero-order chi connectivity index (χ0) is 12.4. The Kier molecular flexibility index (Phi) is 3.91. The first-order chi connectivity index (χ1) is 8.13. The second-order valence-corrected chi connectivity index (χ2v) is 5.52. The van der Waals surface area contributed by atoms with Gasteiger partial charge in [-0.05, 0) is 19.1 Å². The molecule has 90 valence electrons. The number of hydrogen-bond acceptors (Lipinski definition) is 4. The molecule has 17 heavy (non-hydrogen) atoms. The first-order valence-electron chi connectivity index (χ1n) is 4.96. The summed E-state index contributed by atoms with van der Waals surface area (Å²) in [4.78, 5) is 4.94. The van der Waals surface area contributed by atoms with Crippen LogP contribution in [0.3, 0.4) is 0 Å². The Labute approximate surface area is 117 Å². The molecule has 0 saturated carbocycles. The van der Waals surface area contributed by atoms with Crippen molar-refractivity contribution < 1.29 is 4.74 Å². The molecule has 1 aromatic heterocycles. The smallest absolute Gasteiger partial charge is 0.180 e. The Morgan fingerprint density at radius 3 is 2.88 bits per heavy atom. The summed E-state index contributed by atoms with van der Waals surface area (Å²) in [7, 11) is 0. The van der Waals surface area contributed by atoms with E-state index >= 15 is 0 Å². The van der Waals surface area contributed by atoms with E-state index in [1.54, 1.807) is 6.20 Å². The number of benzene rings is 1. The predicted octanol–water partition coefficient (Wildman–Crippen LogP) is 4.21. The summed E-state index contributed by atoms with van der Waals surface area (Å²) in [6, 6.07) is 3.74. The fourth-order valence-corrected chi connectivity index (χ4v) is 3.35. The lowest BCUT2D eigenvalue weighted by atomic mass is 10.2. The Balaban J connectivity index is 2.55. The number of thiazole rings is 1. The average molecular weight is 334 g/mol. The third-order valence-electron chi connectivity index (χ3n) is 2.13. The standard InChI is InChI=1S/C11H10BrClN2OS/c1-2-16-7-4-3-6(12)9(10(7)13)8-5-15-11(14)17-8/h3-5H,2H2,1H3,(H2,14,15). The summed E-state index contributed by atoms with van der Waals surface area (Å²) in [5.41, 5.74) is 6.50. The molecule has 0 bridgehead atoms. The summed E-state index contributed by atoms with van der Waals surface area (Å²) in [6.07, 6.45) is 1.71. The molecule has 0 radical (unpaired) electrons. The summed E-state index contributed by atoms with van der Waals surface area (Å²) in [5.74, 6) is 0.666. The van der Waals surface area contributed by atoms with Crippen LogP contribution in [0.5, 0.6) is 5.75 Å². The van der Waals surface area contributed by atoms with Crippen LogP contribution >= 0.6 is 38.9 Å². The zero-order valence-electron chi connectivity index (χ0n) is 9.04. The van der Waals surface area contributed by atoms with Crippen molar-refractivity contribution in [2.24, 2.45) is 0 Å². The minimum atomic E-state index is 0.518. The van der Waals surface area contributed by atoms with Gasteiger partial charge in [-0.25, -0.2) is 4.98 Å². The van der Waals surface area contributed by atoms with Crippen LogP contribution < -0.4 is 10.5 Å². The summed E-state index contributed by atoms with van der Waals surface area (Å²) in [6.45, 7) is 2.49. The van der Waals surface area contributed by atoms with E-state index in [0.717, 1.165) is 14.9 Å². The van der Waals surface area contributed by atoms with Crippen molar-refractivity contribution in [3.63, 3.8) is 0 Å². The molecule has 2 N–H and O–H groups in total. The second kappa shape index (κ2) is 5.25. The molecular formula is C11H10BrClN2OS. The van der Waals surface area contributed by atoms with E-state index in [9.17, 15) is 0 Å². The number of nitrogens with zero attached hydrogens (tertiary/aromatic N) is 1. The van der Waals surface area contributed by atoms with E-state index in [4.69, 9.17) is 22.1 Å². The highest BCUT2D eigenvalue weighted by Gasteiger charge is 2.15. The Morgan fingerprint density at radius 2 is 2.29 bits per heavy atom. The van der Waals surface area contributed by atoms with Crippen molar-refractivity contribution >= 4 is 44.0 Å². The molecule has 0 amide bonds. The summed E-state index contributed by atoms with van der Waals surface area (Å²) < 4.78 is 6.36. The largest absolute Gasteiger partial charge is 0.492 e. The molecule has 0 fully saturated rings.